The first-order chi connectivity index (χ1) is 5.43. The summed E-state index contributed by atoms with van der Waals surface area (Å²) in [6.45, 7) is 3.91. The fourth-order valence-electron chi connectivity index (χ4n) is 1.61. The van der Waals surface area contributed by atoms with Gasteiger partial charge >= 0.3 is 0 Å². The van der Waals surface area contributed by atoms with Crippen molar-refractivity contribution in [1.29, 1.82) is 0 Å². The van der Waals surface area contributed by atoms with Gasteiger partial charge in [0.05, 0.1) is 0 Å². The van der Waals surface area contributed by atoms with Gasteiger partial charge in [-0.25, -0.2) is 0 Å². The molecule has 0 aromatic carbocycles. The molecule has 11 heavy (non-hydrogen) atoms. The highest BCUT2D eigenvalue weighted by Crippen LogP contribution is 2.09. The molecule has 0 spiro atoms. The zero-order valence-electron chi connectivity index (χ0n) is 7.19. The summed E-state index contributed by atoms with van der Waals surface area (Å²) in [6, 6.07) is 0. The van der Waals surface area contributed by atoms with E-state index < -0.39 is 0 Å². The van der Waals surface area contributed by atoms with E-state index in [2.05, 4.69) is 4.90 Å². The van der Waals surface area contributed by atoms with Crippen LogP contribution in [-0.4, -0.2) is 30.4 Å². The molecule has 0 radical (unpaired) electrons. The molecular weight excluding hydrogens is 158 g/mol. The molecule has 1 aliphatic heterocycles. The van der Waals surface area contributed by atoms with Gasteiger partial charge in [-0.15, -0.1) is 11.6 Å². The minimum Gasteiger partial charge on any atom is -0.303 e. The molecule has 0 N–H and O–H groups in total. The number of rotatable bonds is 4. The second-order valence-electron chi connectivity index (χ2n) is 3.30. The van der Waals surface area contributed by atoms with Gasteiger partial charge in [0.2, 0.25) is 0 Å². The Morgan fingerprint density at radius 1 is 1.00 bits per heavy atom. The third kappa shape index (κ3) is 3.97. The largest absolute Gasteiger partial charge is 0.303 e. The summed E-state index contributed by atoms with van der Waals surface area (Å²) in [6.07, 6.45) is 6.70. The van der Waals surface area contributed by atoms with Gasteiger partial charge in [0, 0.05) is 5.88 Å². The van der Waals surface area contributed by atoms with Crippen LogP contribution in [0.2, 0.25) is 0 Å². The van der Waals surface area contributed by atoms with Crippen LogP contribution in [0.3, 0.4) is 0 Å². The van der Waals surface area contributed by atoms with Crippen LogP contribution in [0.25, 0.3) is 0 Å². The maximum Gasteiger partial charge on any atom is 0.0223 e. The third-order valence-electron chi connectivity index (χ3n) is 2.31. The summed E-state index contributed by atoms with van der Waals surface area (Å²) in [4.78, 5) is 2.57. The minimum atomic E-state index is 0.827. The van der Waals surface area contributed by atoms with Crippen molar-refractivity contribution in [1.82, 2.24) is 4.90 Å². The van der Waals surface area contributed by atoms with E-state index in [1.165, 1.54) is 51.7 Å². The quantitative estimate of drug-likeness (QED) is 0.469. The van der Waals surface area contributed by atoms with E-state index in [4.69, 9.17) is 11.6 Å². The van der Waals surface area contributed by atoms with Crippen LogP contribution in [0.1, 0.15) is 32.1 Å². The Labute approximate surface area is 74.7 Å². The van der Waals surface area contributed by atoms with Crippen LogP contribution in [0, 0.1) is 0 Å². The highest BCUT2D eigenvalue weighted by Gasteiger charge is 2.08. The lowest BCUT2D eigenvalue weighted by Gasteiger charge is -2.26. The van der Waals surface area contributed by atoms with E-state index in [1.54, 1.807) is 0 Å². The smallest absolute Gasteiger partial charge is 0.0223 e. The van der Waals surface area contributed by atoms with Crippen molar-refractivity contribution < 1.29 is 0 Å². The zero-order chi connectivity index (χ0) is 7.94. The molecule has 0 aliphatic carbocycles. The summed E-state index contributed by atoms with van der Waals surface area (Å²) in [5.41, 5.74) is 0. The fourth-order valence-corrected chi connectivity index (χ4v) is 1.80. The summed E-state index contributed by atoms with van der Waals surface area (Å²) < 4.78 is 0. The van der Waals surface area contributed by atoms with Crippen molar-refractivity contribution in [3.8, 4) is 0 Å². The Balaban J connectivity index is 1.96. The van der Waals surface area contributed by atoms with Crippen molar-refractivity contribution in [2.45, 2.75) is 32.1 Å². The molecule has 66 valence electrons. The number of likely N-dealkylation sites (tertiary alicyclic amines) is 1. The van der Waals surface area contributed by atoms with Gasteiger partial charge in [-0.05, 0) is 45.3 Å². The molecule has 0 atom stereocenters. The molecule has 1 fully saturated rings. The molecule has 0 bridgehead atoms. The standard InChI is InChI=1S/C9H18ClN/c10-6-2-5-9-11-7-3-1-4-8-11/h1-9H2. The normalized spacial score (nSPS) is 20.5. The average Bonchev–Trinajstić information content (AvgIpc) is 2.07. The van der Waals surface area contributed by atoms with Crippen molar-refractivity contribution in [3.63, 3.8) is 0 Å². The molecular formula is C9H18ClN. The fraction of sp³-hybridized carbons (Fsp3) is 1.00. The van der Waals surface area contributed by atoms with E-state index in [-0.39, 0.29) is 0 Å². The van der Waals surface area contributed by atoms with E-state index in [1.807, 2.05) is 0 Å². The molecule has 2 heteroatoms. The van der Waals surface area contributed by atoms with Crippen LogP contribution in [0.15, 0.2) is 0 Å². The van der Waals surface area contributed by atoms with Crippen molar-refractivity contribution >= 4 is 11.6 Å². The summed E-state index contributed by atoms with van der Waals surface area (Å²) in [7, 11) is 0. The highest BCUT2D eigenvalue weighted by molar-refractivity contribution is 6.17. The SMILES string of the molecule is ClCCCCN1CCCCC1. The maximum absolute atomic E-state index is 5.60. The Morgan fingerprint density at radius 2 is 1.73 bits per heavy atom. The first-order valence-electron chi connectivity index (χ1n) is 4.72. The van der Waals surface area contributed by atoms with Crippen LogP contribution >= 0.6 is 11.6 Å². The lowest BCUT2D eigenvalue weighted by atomic mass is 10.1. The van der Waals surface area contributed by atoms with Gasteiger partial charge in [0.15, 0.2) is 0 Å². The van der Waals surface area contributed by atoms with Gasteiger partial charge in [0.25, 0.3) is 0 Å². The monoisotopic (exact) mass is 175 g/mol. The molecule has 1 nitrogen and oxygen atoms in total. The number of unbranched alkanes of at least 4 members (excludes halogenated alkanes) is 1. The first kappa shape index (κ1) is 9.34. The van der Waals surface area contributed by atoms with Gasteiger partial charge in [-0.2, -0.15) is 0 Å². The summed E-state index contributed by atoms with van der Waals surface area (Å²) >= 11 is 5.60. The predicted molar refractivity (Wildman–Crippen MR) is 50.2 cm³/mol. The Bertz CT molecular complexity index is 89.6. The number of piperidine rings is 1. The molecule has 1 heterocycles. The molecule has 1 aliphatic rings. The predicted octanol–water partition coefficient (Wildman–Crippen LogP) is 2.49. The molecule has 0 amide bonds. The highest BCUT2D eigenvalue weighted by atomic mass is 35.5. The molecule has 0 saturated carbocycles. The Morgan fingerprint density at radius 3 is 2.36 bits per heavy atom. The van der Waals surface area contributed by atoms with Crippen molar-refractivity contribution in [2.24, 2.45) is 0 Å². The van der Waals surface area contributed by atoms with Gasteiger partial charge < -0.3 is 4.90 Å². The molecule has 0 aromatic rings. The number of alkyl halides is 1. The van der Waals surface area contributed by atoms with E-state index in [9.17, 15) is 0 Å². The van der Waals surface area contributed by atoms with Gasteiger partial charge in [-0.1, -0.05) is 6.42 Å². The second-order valence-corrected chi connectivity index (χ2v) is 3.68. The molecule has 0 aromatic heterocycles. The summed E-state index contributed by atoms with van der Waals surface area (Å²) in [5, 5.41) is 0. The minimum absolute atomic E-state index is 0.827. The van der Waals surface area contributed by atoms with Crippen molar-refractivity contribution in [2.75, 3.05) is 25.5 Å². The summed E-state index contributed by atoms with van der Waals surface area (Å²) in [5.74, 6) is 0.827. The number of nitrogens with zero attached hydrogens (tertiary/aromatic N) is 1. The Kier molecular flexibility index (Phi) is 4.96. The molecule has 1 saturated heterocycles. The van der Waals surface area contributed by atoms with Gasteiger partial charge in [0.1, 0.15) is 0 Å². The third-order valence-corrected chi connectivity index (χ3v) is 2.57. The number of hydrogen-bond acceptors (Lipinski definition) is 1. The average molecular weight is 176 g/mol. The van der Waals surface area contributed by atoms with Crippen LogP contribution in [-0.2, 0) is 0 Å². The molecule has 1 rings (SSSR count). The second kappa shape index (κ2) is 5.84. The maximum atomic E-state index is 5.60. The van der Waals surface area contributed by atoms with Crippen LogP contribution in [0.5, 0.6) is 0 Å². The van der Waals surface area contributed by atoms with Crippen LogP contribution in [0.4, 0.5) is 0 Å². The zero-order valence-corrected chi connectivity index (χ0v) is 7.95. The first-order valence-corrected chi connectivity index (χ1v) is 5.25. The van der Waals surface area contributed by atoms with Crippen molar-refractivity contribution in [3.05, 3.63) is 0 Å². The van der Waals surface area contributed by atoms with E-state index in [0.29, 0.717) is 0 Å². The lowest BCUT2D eigenvalue weighted by molar-refractivity contribution is 0.226. The molecule has 0 unspecified atom stereocenters. The Hall–Kier alpha value is 0.250. The van der Waals surface area contributed by atoms with Gasteiger partial charge in [-0.3, -0.25) is 0 Å². The topological polar surface area (TPSA) is 3.24 Å². The lowest BCUT2D eigenvalue weighted by Crippen LogP contribution is -2.30. The van der Waals surface area contributed by atoms with E-state index >= 15 is 0 Å². The van der Waals surface area contributed by atoms with Crippen LogP contribution < -0.4 is 0 Å². The number of halogens is 1. The van der Waals surface area contributed by atoms with E-state index in [0.717, 1.165) is 5.88 Å². The number of hydrogen-bond donors (Lipinski definition) is 0.